The number of hydrogen-bond donors (Lipinski definition) is 3. The Morgan fingerprint density at radius 3 is 1.82 bits per heavy atom. The molecule has 0 heterocycles. The third kappa shape index (κ3) is 7.17. The van der Waals surface area contributed by atoms with E-state index in [1.807, 2.05) is 6.92 Å². The maximum atomic E-state index is 6.90. The summed E-state index contributed by atoms with van der Waals surface area (Å²) < 4.78 is 16.1. The van der Waals surface area contributed by atoms with Gasteiger partial charge in [0.25, 0.3) is 0 Å². The maximum absolute atomic E-state index is 6.90. The van der Waals surface area contributed by atoms with E-state index in [0.29, 0.717) is 33.0 Å². The van der Waals surface area contributed by atoms with Gasteiger partial charge in [-0.15, -0.1) is 0 Å². The number of nitrogens with one attached hydrogen (secondary N) is 2. The van der Waals surface area contributed by atoms with Gasteiger partial charge in [0.15, 0.2) is 0 Å². The van der Waals surface area contributed by atoms with Crippen molar-refractivity contribution in [3.63, 3.8) is 0 Å². The van der Waals surface area contributed by atoms with Crippen LogP contribution in [0.25, 0.3) is 0 Å². The van der Waals surface area contributed by atoms with Crippen LogP contribution >= 0.6 is 0 Å². The lowest BCUT2D eigenvalue weighted by Crippen LogP contribution is -2.44. The fourth-order valence-corrected chi connectivity index (χ4v) is 1.29. The lowest BCUT2D eigenvalue weighted by atomic mass is 9.91. The minimum Gasteiger partial charge on any atom is -0.381 e. The predicted molar refractivity (Wildman–Crippen MR) is 67.2 cm³/mol. The summed E-state index contributed by atoms with van der Waals surface area (Å²) in [5.41, 5.74) is 5.36. The third-order valence-electron chi connectivity index (χ3n) is 2.26. The van der Waals surface area contributed by atoms with Gasteiger partial charge in [0.05, 0.1) is 38.4 Å². The molecule has 0 bridgehead atoms. The van der Waals surface area contributed by atoms with Crippen LogP contribution < -0.4 is 5.73 Å². The molecule has 0 radical (unpaired) electrons. The molecule has 0 saturated heterocycles. The van der Waals surface area contributed by atoms with Crippen LogP contribution in [0.3, 0.4) is 0 Å². The largest absolute Gasteiger partial charge is 0.381 e. The van der Waals surface area contributed by atoms with Crippen molar-refractivity contribution < 1.29 is 14.2 Å². The van der Waals surface area contributed by atoms with Gasteiger partial charge in [-0.25, -0.2) is 0 Å². The highest BCUT2D eigenvalue weighted by atomic mass is 16.5. The topological polar surface area (TPSA) is 101 Å². The molecule has 6 heteroatoms. The van der Waals surface area contributed by atoms with Crippen LogP contribution in [0.5, 0.6) is 0 Å². The van der Waals surface area contributed by atoms with E-state index in [1.54, 1.807) is 0 Å². The first-order valence-corrected chi connectivity index (χ1v) is 5.66. The Bertz CT molecular complexity index is 198. The Balaban J connectivity index is 4.26. The van der Waals surface area contributed by atoms with Crippen LogP contribution in [-0.4, -0.2) is 58.6 Å². The van der Waals surface area contributed by atoms with Crippen molar-refractivity contribution in [2.75, 3.05) is 46.2 Å². The molecule has 0 unspecified atom stereocenters. The first-order chi connectivity index (χ1) is 8.24. The second kappa shape index (κ2) is 10.3. The van der Waals surface area contributed by atoms with Crippen molar-refractivity contribution in [3.05, 3.63) is 0 Å². The molecule has 6 nitrogen and oxygen atoms in total. The molecule has 17 heavy (non-hydrogen) atoms. The van der Waals surface area contributed by atoms with Crippen LogP contribution in [0.4, 0.5) is 0 Å². The van der Waals surface area contributed by atoms with E-state index in [4.69, 9.17) is 30.8 Å². The minimum absolute atomic E-state index is 0.262. The van der Waals surface area contributed by atoms with E-state index in [9.17, 15) is 0 Å². The molecular formula is C11H23N3O3. The Morgan fingerprint density at radius 1 is 1.00 bits per heavy atom. The van der Waals surface area contributed by atoms with Gasteiger partial charge in [-0.1, -0.05) is 0 Å². The summed E-state index contributed by atoms with van der Waals surface area (Å²) in [4.78, 5) is 0. The number of ether oxygens (including phenoxy) is 3. The molecule has 0 aromatic rings. The van der Waals surface area contributed by atoms with E-state index in [1.165, 1.54) is 12.4 Å². The van der Waals surface area contributed by atoms with Gasteiger partial charge in [-0.05, 0) is 6.92 Å². The molecule has 4 N–H and O–H groups in total. The van der Waals surface area contributed by atoms with E-state index < -0.39 is 5.41 Å². The van der Waals surface area contributed by atoms with Gasteiger partial charge in [0.1, 0.15) is 0 Å². The Labute approximate surface area is 102 Å². The van der Waals surface area contributed by atoms with Gasteiger partial charge in [0, 0.05) is 25.6 Å². The number of hydrogen-bond acceptors (Lipinski definition) is 6. The monoisotopic (exact) mass is 245 g/mol. The van der Waals surface area contributed by atoms with Gasteiger partial charge >= 0.3 is 0 Å². The van der Waals surface area contributed by atoms with Crippen molar-refractivity contribution >= 4 is 12.4 Å². The SMILES string of the molecule is CCOCC(CN)(COCC=N)COCC=N. The van der Waals surface area contributed by atoms with Gasteiger partial charge < -0.3 is 30.8 Å². The van der Waals surface area contributed by atoms with Gasteiger partial charge in [0.2, 0.25) is 0 Å². The van der Waals surface area contributed by atoms with Crippen LogP contribution in [-0.2, 0) is 14.2 Å². The molecule has 0 aliphatic rings. The van der Waals surface area contributed by atoms with Gasteiger partial charge in [-0.3, -0.25) is 0 Å². The van der Waals surface area contributed by atoms with Crippen molar-refractivity contribution in [2.45, 2.75) is 6.92 Å². The van der Waals surface area contributed by atoms with E-state index in [2.05, 4.69) is 0 Å². The molecular weight excluding hydrogens is 222 g/mol. The van der Waals surface area contributed by atoms with Crippen LogP contribution in [0.2, 0.25) is 0 Å². The van der Waals surface area contributed by atoms with Crippen LogP contribution in [0.15, 0.2) is 0 Å². The summed E-state index contributed by atoms with van der Waals surface area (Å²) in [5.74, 6) is 0. The summed E-state index contributed by atoms with van der Waals surface area (Å²) >= 11 is 0. The first kappa shape index (κ1) is 16.2. The average Bonchev–Trinajstić information content (AvgIpc) is 2.36. The van der Waals surface area contributed by atoms with Crippen LogP contribution in [0, 0.1) is 16.2 Å². The van der Waals surface area contributed by atoms with E-state index in [-0.39, 0.29) is 13.2 Å². The molecule has 0 aliphatic carbocycles. The predicted octanol–water partition coefficient (Wildman–Crippen LogP) is 0.300. The standard InChI is InChI=1S/C11H23N3O3/c1-2-15-8-11(7-14,9-16-5-3-12)10-17-6-4-13/h3-4,12-13H,2,5-10,14H2,1H3. The second-order valence-electron chi connectivity index (χ2n) is 3.78. The molecule has 0 saturated carbocycles. The smallest absolute Gasteiger partial charge is 0.0811 e. The highest BCUT2D eigenvalue weighted by Gasteiger charge is 2.30. The molecule has 0 rings (SSSR count). The zero-order chi connectivity index (χ0) is 13.0. The van der Waals surface area contributed by atoms with Crippen molar-refractivity contribution in [1.29, 1.82) is 10.8 Å². The second-order valence-corrected chi connectivity index (χ2v) is 3.78. The molecule has 0 aromatic heterocycles. The highest BCUT2D eigenvalue weighted by molar-refractivity contribution is 5.54. The van der Waals surface area contributed by atoms with Crippen molar-refractivity contribution in [2.24, 2.45) is 11.1 Å². The number of rotatable bonds is 12. The minimum atomic E-state index is -0.401. The molecule has 0 aliphatic heterocycles. The van der Waals surface area contributed by atoms with Crippen molar-refractivity contribution in [3.8, 4) is 0 Å². The van der Waals surface area contributed by atoms with E-state index >= 15 is 0 Å². The quantitative estimate of drug-likeness (QED) is 0.340. The molecule has 100 valence electrons. The Kier molecular flexibility index (Phi) is 9.84. The first-order valence-electron chi connectivity index (χ1n) is 5.66. The van der Waals surface area contributed by atoms with Crippen molar-refractivity contribution in [1.82, 2.24) is 0 Å². The lowest BCUT2D eigenvalue weighted by molar-refractivity contribution is -0.0503. The van der Waals surface area contributed by atoms with E-state index in [0.717, 1.165) is 0 Å². The normalized spacial score (nSPS) is 14.2. The summed E-state index contributed by atoms with van der Waals surface area (Å²) in [6.45, 7) is 4.65. The zero-order valence-corrected chi connectivity index (χ0v) is 10.4. The summed E-state index contributed by atoms with van der Waals surface area (Å²) in [6.07, 6.45) is 2.39. The molecule has 0 amide bonds. The number of nitrogens with two attached hydrogens (primary N) is 1. The molecule has 0 fully saturated rings. The average molecular weight is 245 g/mol. The fraction of sp³-hybridized carbons (Fsp3) is 0.818. The fourth-order valence-electron chi connectivity index (χ4n) is 1.29. The summed E-state index contributed by atoms with van der Waals surface area (Å²) in [5, 5.41) is 13.8. The highest BCUT2D eigenvalue weighted by Crippen LogP contribution is 2.17. The summed E-state index contributed by atoms with van der Waals surface area (Å²) in [7, 11) is 0. The van der Waals surface area contributed by atoms with Crippen LogP contribution in [0.1, 0.15) is 6.92 Å². The summed E-state index contributed by atoms with van der Waals surface area (Å²) in [6, 6.07) is 0. The Hall–Kier alpha value is -0.820. The molecule has 0 atom stereocenters. The molecule has 0 spiro atoms. The zero-order valence-electron chi connectivity index (χ0n) is 10.4. The lowest BCUT2D eigenvalue weighted by Gasteiger charge is -2.31. The Morgan fingerprint density at radius 2 is 1.47 bits per heavy atom. The van der Waals surface area contributed by atoms with Gasteiger partial charge in [-0.2, -0.15) is 0 Å². The molecule has 0 aromatic carbocycles. The maximum Gasteiger partial charge on any atom is 0.0811 e. The third-order valence-corrected chi connectivity index (χ3v) is 2.26.